The van der Waals surface area contributed by atoms with Gasteiger partial charge in [-0.25, -0.2) is 0 Å². The van der Waals surface area contributed by atoms with Crippen LogP contribution >= 0.6 is 0 Å². The normalized spacial score (nSPS) is 58.3. The minimum Gasteiger partial charge on any atom is -0.366 e. The molecule has 5 aliphatic rings. The highest BCUT2D eigenvalue weighted by molar-refractivity contribution is 5.85. The first-order valence-corrected chi connectivity index (χ1v) is 10.2. The molecule has 2 nitrogen and oxygen atoms in total. The Morgan fingerprint density at radius 1 is 0.913 bits per heavy atom. The molecular weight excluding hydrogens is 284 g/mol. The predicted octanol–water partition coefficient (Wildman–Crippen LogP) is 4.76. The van der Waals surface area contributed by atoms with Crippen LogP contribution < -0.4 is 0 Å². The van der Waals surface area contributed by atoms with E-state index in [4.69, 9.17) is 4.74 Å². The number of ether oxygens (including phenoxy) is 1. The number of carbonyl (C=O) groups is 1. The molecule has 4 aliphatic carbocycles. The van der Waals surface area contributed by atoms with Crippen molar-refractivity contribution in [1.29, 1.82) is 0 Å². The van der Waals surface area contributed by atoms with E-state index in [0.717, 1.165) is 30.6 Å². The Morgan fingerprint density at radius 3 is 2.65 bits per heavy atom. The number of carbonyl (C=O) groups excluding carboxylic acids is 1. The van der Waals surface area contributed by atoms with Crippen molar-refractivity contribution in [2.45, 2.75) is 83.7 Å². The highest BCUT2D eigenvalue weighted by atomic mass is 16.5. The number of hydrogen-bond donors (Lipinski definition) is 0. The van der Waals surface area contributed by atoms with E-state index in [0.29, 0.717) is 23.7 Å². The van der Waals surface area contributed by atoms with Crippen molar-refractivity contribution in [3.05, 3.63) is 0 Å². The van der Waals surface area contributed by atoms with Crippen molar-refractivity contribution in [3.63, 3.8) is 0 Å². The van der Waals surface area contributed by atoms with Gasteiger partial charge in [-0.1, -0.05) is 26.7 Å². The Balaban J connectivity index is 1.56. The van der Waals surface area contributed by atoms with Crippen LogP contribution in [0.4, 0.5) is 0 Å². The van der Waals surface area contributed by atoms with Gasteiger partial charge in [0.15, 0.2) is 5.78 Å². The van der Waals surface area contributed by atoms with Crippen LogP contribution in [0.5, 0.6) is 0 Å². The quantitative estimate of drug-likeness (QED) is 0.644. The molecule has 2 heteroatoms. The summed E-state index contributed by atoms with van der Waals surface area (Å²) >= 11 is 0. The van der Waals surface area contributed by atoms with E-state index in [2.05, 4.69) is 13.8 Å². The van der Waals surface area contributed by atoms with Crippen LogP contribution in [0.2, 0.25) is 0 Å². The zero-order valence-electron chi connectivity index (χ0n) is 14.9. The van der Waals surface area contributed by atoms with Crippen LogP contribution in [0.25, 0.3) is 0 Å². The average Bonchev–Trinajstić information content (AvgIpc) is 2.73. The molecule has 2 bridgehead atoms. The molecule has 0 spiro atoms. The van der Waals surface area contributed by atoms with E-state index < -0.39 is 0 Å². The van der Waals surface area contributed by atoms with Crippen molar-refractivity contribution >= 4 is 5.78 Å². The van der Waals surface area contributed by atoms with Crippen molar-refractivity contribution < 1.29 is 9.53 Å². The number of ketones is 1. The summed E-state index contributed by atoms with van der Waals surface area (Å²) in [6, 6.07) is 0. The first-order valence-electron chi connectivity index (χ1n) is 10.2. The number of hydrogen-bond acceptors (Lipinski definition) is 2. The van der Waals surface area contributed by atoms with Crippen LogP contribution in [0.3, 0.4) is 0 Å². The molecule has 7 atom stereocenters. The highest BCUT2D eigenvalue weighted by Crippen LogP contribution is 2.71. The third-order valence-electron chi connectivity index (χ3n) is 9.58. The second-order valence-corrected chi connectivity index (χ2v) is 9.93. The fourth-order valence-electron chi connectivity index (χ4n) is 8.39. The van der Waals surface area contributed by atoms with E-state index in [1.807, 2.05) is 0 Å². The summed E-state index contributed by atoms with van der Waals surface area (Å²) < 4.78 is 6.52. The first kappa shape index (κ1) is 14.9. The minimum atomic E-state index is 0.0416. The zero-order chi connectivity index (χ0) is 15.9. The molecule has 1 saturated heterocycles. The molecule has 0 amide bonds. The monoisotopic (exact) mass is 316 g/mol. The number of rotatable bonds is 0. The lowest BCUT2D eigenvalue weighted by Crippen LogP contribution is -2.65. The molecule has 0 N–H and O–H groups in total. The second kappa shape index (κ2) is 4.62. The lowest BCUT2D eigenvalue weighted by molar-refractivity contribution is -0.243. The van der Waals surface area contributed by atoms with E-state index in [1.165, 1.54) is 51.4 Å². The van der Waals surface area contributed by atoms with Gasteiger partial charge in [0.05, 0.1) is 5.60 Å². The van der Waals surface area contributed by atoms with Gasteiger partial charge in [0.25, 0.3) is 0 Å². The second-order valence-electron chi connectivity index (χ2n) is 9.93. The molecule has 23 heavy (non-hydrogen) atoms. The fourth-order valence-corrected chi connectivity index (χ4v) is 8.39. The molecule has 4 saturated carbocycles. The third kappa shape index (κ3) is 1.62. The summed E-state index contributed by atoms with van der Waals surface area (Å²) in [5, 5.41) is 0. The highest BCUT2D eigenvalue weighted by Gasteiger charge is 2.70. The van der Waals surface area contributed by atoms with Crippen LogP contribution in [0.1, 0.15) is 78.1 Å². The van der Waals surface area contributed by atoms with Crippen molar-refractivity contribution in [2.75, 3.05) is 6.61 Å². The van der Waals surface area contributed by atoms with Gasteiger partial charge in [-0.2, -0.15) is 0 Å². The molecule has 0 radical (unpaired) electrons. The Hall–Kier alpha value is -0.370. The molecule has 1 unspecified atom stereocenters. The molecule has 0 aromatic rings. The van der Waals surface area contributed by atoms with E-state index in [-0.39, 0.29) is 11.0 Å². The minimum absolute atomic E-state index is 0.0416. The average molecular weight is 316 g/mol. The first-order chi connectivity index (χ1) is 11.0. The summed E-state index contributed by atoms with van der Waals surface area (Å²) in [6.45, 7) is 5.43. The lowest BCUT2D eigenvalue weighted by Gasteiger charge is -2.65. The Morgan fingerprint density at radius 2 is 1.78 bits per heavy atom. The summed E-state index contributed by atoms with van der Waals surface area (Å²) in [5.74, 6) is 3.23. The molecule has 1 aliphatic heterocycles. The Labute approximate surface area is 140 Å². The Kier molecular flexibility index (Phi) is 3.00. The standard InChI is InChI=1S/C21H32O2/c1-19-10-4-3-5-14(19)6-7-16-15(19)8-11-20(2)17-9-12-21(16,20)23-13-18(17)22/h14-17H,3-13H2,1-2H3/t14?,15-,16+,17+,19-,20+,21+/m0/s1. The van der Waals surface area contributed by atoms with Crippen LogP contribution in [-0.4, -0.2) is 18.0 Å². The SMILES string of the molecule is C[C@]12CCCCC1CC[C@@H]1[C@@H]2CC[C@]2(C)[C@@H]3CC[C@@]12OCC3=O. The molecular formula is C21H32O2. The molecule has 128 valence electrons. The maximum Gasteiger partial charge on any atom is 0.162 e. The molecule has 5 rings (SSSR count). The van der Waals surface area contributed by atoms with Gasteiger partial charge in [0, 0.05) is 11.3 Å². The predicted molar refractivity (Wildman–Crippen MR) is 90.0 cm³/mol. The van der Waals surface area contributed by atoms with Gasteiger partial charge in [0.1, 0.15) is 6.61 Å². The van der Waals surface area contributed by atoms with Crippen LogP contribution in [0.15, 0.2) is 0 Å². The zero-order valence-corrected chi connectivity index (χ0v) is 14.9. The van der Waals surface area contributed by atoms with Gasteiger partial charge >= 0.3 is 0 Å². The van der Waals surface area contributed by atoms with Crippen LogP contribution in [0, 0.1) is 34.5 Å². The van der Waals surface area contributed by atoms with Crippen molar-refractivity contribution in [2.24, 2.45) is 34.5 Å². The van der Waals surface area contributed by atoms with Gasteiger partial charge in [0.2, 0.25) is 0 Å². The Bertz CT molecular complexity index is 542. The van der Waals surface area contributed by atoms with Gasteiger partial charge in [-0.05, 0) is 74.5 Å². The van der Waals surface area contributed by atoms with E-state index >= 15 is 0 Å². The maximum absolute atomic E-state index is 12.4. The summed E-state index contributed by atoms with van der Waals surface area (Å²) in [7, 11) is 0. The van der Waals surface area contributed by atoms with Gasteiger partial charge in [-0.3, -0.25) is 4.79 Å². The van der Waals surface area contributed by atoms with Crippen LogP contribution in [-0.2, 0) is 9.53 Å². The van der Waals surface area contributed by atoms with E-state index in [9.17, 15) is 4.79 Å². The van der Waals surface area contributed by atoms with E-state index in [1.54, 1.807) is 0 Å². The van der Waals surface area contributed by atoms with Crippen molar-refractivity contribution in [3.8, 4) is 0 Å². The molecule has 1 heterocycles. The maximum atomic E-state index is 12.4. The molecule has 5 fully saturated rings. The molecule has 0 aromatic heterocycles. The number of Topliss-reactive ketones (excluding diaryl/α,β-unsaturated/α-hetero) is 1. The smallest absolute Gasteiger partial charge is 0.162 e. The van der Waals surface area contributed by atoms with Crippen molar-refractivity contribution in [1.82, 2.24) is 0 Å². The largest absolute Gasteiger partial charge is 0.366 e. The number of fused-ring (bicyclic) bond motifs is 3. The summed E-state index contributed by atoms with van der Waals surface area (Å²) in [5.41, 5.74) is 0.738. The fraction of sp³-hybridized carbons (Fsp3) is 0.952. The molecule has 0 aromatic carbocycles. The lowest BCUT2D eigenvalue weighted by atomic mass is 9.43. The topological polar surface area (TPSA) is 26.3 Å². The van der Waals surface area contributed by atoms with Gasteiger partial charge in [-0.15, -0.1) is 0 Å². The summed E-state index contributed by atoms with van der Waals surface area (Å²) in [4.78, 5) is 12.4. The summed E-state index contributed by atoms with van der Waals surface area (Å²) in [6.07, 6.45) is 13.4. The van der Waals surface area contributed by atoms with Gasteiger partial charge < -0.3 is 4.74 Å². The third-order valence-corrected chi connectivity index (χ3v) is 9.58.